The number of para-hydroxylation sites is 2. The van der Waals surface area contributed by atoms with E-state index in [-0.39, 0.29) is 18.0 Å². The first-order valence-corrected chi connectivity index (χ1v) is 11.3. The number of nitrogens with zero attached hydrogens (tertiary/aromatic N) is 1. The van der Waals surface area contributed by atoms with E-state index in [1.54, 1.807) is 0 Å². The van der Waals surface area contributed by atoms with Gasteiger partial charge in [0.25, 0.3) is 5.91 Å². The number of hydrogen-bond donors (Lipinski definition) is 1. The van der Waals surface area contributed by atoms with Crippen molar-refractivity contribution >= 4 is 17.3 Å². The van der Waals surface area contributed by atoms with E-state index >= 15 is 0 Å². The fraction of sp³-hybridized carbons (Fsp3) is 0.321. The number of hydrogen-bond acceptors (Lipinski definition) is 2. The highest BCUT2D eigenvalue weighted by Gasteiger charge is 2.35. The van der Waals surface area contributed by atoms with Crippen molar-refractivity contribution in [2.75, 3.05) is 10.2 Å². The van der Waals surface area contributed by atoms with Crippen LogP contribution in [0.5, 0.6) is 0 Å². The van der Waals surface area contributed by atoms with Crippen LogP contribution in [0.3, 0.4) is 0 Å². The first-order valence-electron chi connectivity index (χ1n) is 11.3. The molecule has 31 heavy (non-hydrogen) atoms. The lowest BCUT2D eigenvalue weighted by Gasteiger charge is -2.41. The number of aryl methyl sites for hydroxylation is 3. The van der Waals surface area contributed by atoms with Crippen molar-refractivity contribution in [2.24, 2.45) is 0 Å². The van der Waals surface area contributed by atoms with Crippen LogP contribution < -0.4 is 10.2 Å². The Labute approximate surface area is 186 Å². The molecule has 3 aromatic rings. The zero-order valence-corrected chi connectivity index (χ0v) is 19.0. The van der Waals surface area contributed by atoms with Gasteiger partial charge in [0.1, 0.15) is 0 Å². The molecule has 0 radical (unpaired) electrons. The van der Waals surface area contributed by atoms with Crippen LogP contribution >= 0.6 is 0 Å². The summed E-state index contributed by atoms with van der Waals surface area (Å²) in [7, 11) is 0. The molecule has 1 N–H and O–H groups in total. The number of amides is 1. The molecular formula is C28H32N2O. The smallest absolute Gasteiger partial charge is 0.258 e. The number of benzene rings is 3. The summed E-state index contributed by atoms with van der Waals surface area (Å²) in [4.78, 5) is 15.6. The summed E-state index contributed by atoms with van der Waals surface area (Å²) in [6.07, 6.45) is 3.05. The monoisotopic (exact) mass is 412 g/mol. The summed E-state index contributed by atoms with van der Waals surface area (Å²) in [5.74, 6) is 0.0767. The first-order chi connectivity index (χ1) is 15.0. The van der Waals surface area contributed by atoms with Crippen molar-refractivity contribution in [3.63, 3.8) is 0 Å². The topological polar surface area (TPSA) is 32.3 Å². The Kier molecular flexibility index (Phi) is 6.13. The Morgan fingerprint density at radius 1 is 1.00 bits per heavy atom. The normalized spacial score (nSPS) is 17.9. The van der Waals surface area contributed by atoms with E-state index in [1.807, 2.05) is 36.1 Å². The van der Waals surface area contributed by atoms with Crippen molar-refractivity contribution in [3.05, 3.63) is 94.5 Å². The molecule has 0 fully saturated rings. The van der Waals surface area contributed by atoms with Gasteiger partial charge in [-0.1, -0.05) is 67.4 Å². The third-order valence-corrected chi connectivity index (χ3v) is 6.29. The van der Waals surface area contributed by atoms with Gasteiger partial charge in [-0.3, -0.25) is 4.79 Å². The molecule has 3 nitrogen and oxygen atoms in total. The summed E-state index contributed by atoms with van der Waals surface area (Å²) in [5, 5.41) is 3.82. The van der Waals surface area contributed by atoms with Crippen molar-refractivity contribution < 1.29 is 4.79 Å². The number of anilines is 2. The molecule has 0 aromatic heterocycles. The highest BCUT2D eigenvalue weighted by molar-refractivity contribution is 6.07. The van der Waals surface area contributed by atoms with E-state index in [0.29, 0.717) is 0 Å². The second-order valence-corrected chi connectivity index (χ2v) is 8.74. The maximum atomic E-state index is 13.5. The lowest BCUT2D eigenvalue weighted by atomic mass is 9.88. The lowest BCUT2D eigenvalue weighted by Crippen LogP contribution is -2.44. The third-order valence-electron chi connectivity index (χ3n) is 6.29. The molecule has 160 valence electrons. The van der Waals surface area contributed by atoms with Gasteiger partial charge in [-0.05, 0) is 68.5 Å². The molecule has 3 heteroatoms. The molecule has 1 aliphatic rings. The highest BCUT2D eigenvalue weighted by atomic mass is 16.2. The maximum absolute atomic E-state index is 13.5. The second-order valence-electron chi connectivity index (χ2n) is 8.74. The van der Waals surface area contributed by atoms with E-state index < -0.39 is 0 Å². The van der Waals surface area contributed by atoms with Crippen molar-refractivity contribution in [1.82, 2.24) is 0 Å². The fourth-order valence-corrected chi connectivity index (χ4v) is 4.70. The summed E-state index contributed by atoms with van der Waals surface area (Å²) in [6, 6.07) is 23.1. The predicted molar refractivity (Wildman–Crippen MR) is 130 cm³/mol. The Morgan fingerprint density at radius 3 is 2.48 bits per heavy atom. The van der Waals surface area contributed by atoms with Gasteiger partial charge in [0.15, 0.2) is 0 Å². The second kappa shape index (κ2) is 8.97. The maximum Gasteiger partial charge on any atom is 0.258 e. The Bertz CT molecular complexity index is 1070. The van der Waals surface area contributed by atoms with Crippen LogP contribution in [0.1, 0.15) is 65.3 Å². The minimum Gasteiger partial charge on any atom is -0.378 e. The Morgan fingerprint density at radius 2 is 1.74 bits per heavy atom. The van der Waals surface area contributed by atoms with Crippen LogP contribution in [0.4, 0.5) is 11.4 Å². The SMILES string of the molecule is CCCc1ccccc1NC1CC(C)N(C(=O)c2ccc(C)cc2)c2c(C)cccc21. The summed E-state index contributed by atoms with van der Waals surface area (Å²) in [6.45, 7) is 8.53. The summed E-state index contributed by atoms with van der Waals surface area (Å²) < 4.78 is 0. The third kappa shape index (κ3) is 4.23. The molecular weight excluding hydrogens is 380 g/mol. The van der Waals surface area contributed by atoms with Gasteiger partial charge >= 0.3 is 0 Å². The van der Waals surface area contributed by atoms with Gasteiger partial charge in [-0.25, -0.2) is 0 Å². The summed E-state index contributed by atoms with van der Waals surface area (Å²) in [5.41, 5.74) is 7.85. The highest BCUT2D eigenvalue weighted by Crippen LogP contribution is 2.42. The number of fused-ring (bicyclic) bond motifs is 1. The molecule has 0 aliphatic carbocycles. The Balaban J connectivity index is 1.72. The molecule has 0 bridgehead atoms. The van der Waals surface area contributed by atoms with E-state index in [2.05, 4.69) is 68.6 Å². The average Bonchev–Trinajstić information content (AvgIpc) is 2.76. The van der Waals surface area contributed by atoms with Crippen LogP contribution in [-0.4, -0.2) is 11.9 Å². The van der Waals surface area contributed by atoms with Gasteiger partial charge < -0.3 is 10.2 Å². The quantitative estimate of drug-likeness (QED) is 0.497. The Hall–Kier alpha value is -3.07. The molecule has 1 amide bonds. The standard InChI is InChI=1S/C28H32N2O/c1-5-9-22-11-6-7-13-25(22)29-26-18-21(4)30(27-20(3)10-8-12-24(26)27)28(31)23-16-14-19(2)15-17-23/h6-8,10-17,21,26,29H,5,9,18H2,1-4H3. The number of nitrogens with one attached hydrogen (secondary N) is 1. The van der Waals surface area contributed by atoms with Gasteiger partial charge in [-0.15, -0.1) is 0 Å². The van der Waals surface area contributed by atoms with Gasteiger partial charge in [0.05, 0.1) is 11.7 Å². The molecule has 4 rings (SSSR count). The van der Waals surface area contributed by atoms with Crippen molar-refractivity contribution in [3.8, 4) is 0 Å². The largest absolute Gasteiger partial charge is 0.378 e. The molecule has 1 heterocycles. The van der Waals surface area contributed by atoms with E-state index in [4.69, 9.17) is 0 Å². The van der Waals surface area contributed by atoms with Gasteiger partial charge in [0, 0.05) is 17.3 Å². The first kappa shape index (κ1) is 21.2. The van der Waals surface area contributed by atoms with Crippen LogP contribution in [0.25, 0.3) is 0 Å². The molecule has 1 aliphatic heterocycles. The molecule has 0 spiro atoms. The zero-order chi connectivity index (χ0) is 22.0. The van der Waals surface area contributed by atoms with Crippen LogP contribution in [0.15, 0.2) is 66.7 Å². The van der Waals surface area contributed by atoms with Gasteiger partial charge in [0.2, 0.25) is 0 Å². The predicted octanol–water partition coefficient (Wildman–Crippen LogP) is 6.85. The molecule has 0 saturated carbocycles. The fourth-order valence-electron chi connectivity index (χ4n) is 4.70. The lowest BCUT2D eigenvalue weighted by molar-refractivity contribution is 0.0974. The van der Waals surface area contributed by atoms with Crippen molar-refractivity contribution in [2.45, 2.75) is 59.0 Å². The van der Waals surface area contributed by atoms with Crippen LogP contribution in [-0.2, 0) is 6.42 Å². The number of rotatable bonds is 5. The van der Waals surface area contributed by atoms with Crippen LogP contribution in [0, 0.1) is 13.8 Å². The van der Waals surface area contributed by atoms with Gasteiger partial charge in [-0.2, -0.15) is 0 Å². The number of carbonyl (C=O) groups excluding carboxylic acids is 1. The molecule has 0 saturated heterocycles. The molecule has 2 atom stereocenters. The summed E-state index contributed by atoms with van der Waals surface area (Å²) >= 11 is 0. The van der Waals surface area contributed by atoms with E-state index in [9.17, 15) is 4.79 Å². The molecule has 2 unspecified atom stereocenters. The zero-order valence-electron chi connectivity index (χ0n) is 19.0. The average molecular weight is 413 g/mol. The minimum absolute atomic E-state index is 0.0767. The van der Waals surface area contributed by atoms with Crippen molar-refractivity contribution in [1.29, 1.82) is 0 Å². The van der Waals surface area contributed by atoms with Crippen LogP contribution in [0.2, 0.25) is 0 Å². The number of carbonyl (C=O) groups is 1. The van der Waals surface area contributed by atoms with E-state index in [1.165, 1.54) is 16.8 Å². The minimum atomic E-state index is 0.0767. The molecule has 3 aromatic carbocycles. The van der Waals surface area contributed by atoms with E-state index in [0.717, 1.165) is 41.6 Å².